The SMILES string of the molecule is O=C(NCC1CN2CCCC2CO1)c1n[nH]c(C2CC2)n1. The maximum atomic E-state index is 12.0. The Bertz CT molecular complexity index is 527. The first kappa shape index (κ1) is 13.2. The van der Waals surface area contributed by atoms with E-state index in [9.17, 15) is 4.79 Å². The maximum absolute atomic E-state index is 12.0. The Labute approximate surface area is 123 Å². The zero-order valence-corrected chi connectivity index (χ0v) is 12.0. The smallest absolute Gasteiger partial charge is 0.291 e. The quantitative estimate of drug-likeness (QED) is 0.832. The summed E-state index contributed by atoms with van der Waals surface area (Å²) in [6.45, 7) is 3.37. The van der Waals surface area contributed by atoms with Crippen molar-refractivity contribution in [3.63, 3.8) is 0 Å². The number of fused-ring (bicyclic) bond motifs is 1. The molecule has 114 valence electrons. The number of rotatable bonds is 4. The Morgan fingerprint density at radius 1 is 1.43 bits per heavy atom. The number of morpholine rings is 1. The summed E-state index contributed by atoms with van der Waals surface area (Å²) >= 11 is 0. The Balaban J connectivity index is 1.28. The van der Waals surface area contributed by atoms with Crippen LogP contribution in [0.5, 0.6) is 0 Å². The van der Waals surface area contributed by atoms with E-state index in [1.807, 2.05) is 0 Å². The van der Waals surface area contributed by atoms with Crippen LogP contribution in [0.1, 0.15) is 48.0 Å². The molecule has 0 spiro atoms. The van der Waals surface area contributed by atoms with Crippen LogP contribution < -0.4 is 5.32 Å². The molecule has 2 atom stereocenters. The van der Waals surface area contributed by atoms with Crippen LogP contribution in [0.3, 0.4) is 0 Å². The summed E-state index contributed by atoms with van der Waals surface area (Å²) in [5, 5.41) is 9.74. The van der Waals surface area contributed by atoms with Gasteiger partial charge in [0.1, 0.15) is 5.82 Å². The van der Waals surface area contributed by atoms with Gasteiger partial charge in [0.05, 0.1) is 12.7 Å². The van der Waals surface area contributed by atoms with Gasteiger partial charge in [0, 0.05) is 25.0 Å². The second kappa shape index (κ2) is 5.38. The summed E-state index contributed by atoms with van der Waals surface area (Å²) < 4.78 is 5.83. The maximum Gasteiger partial charge on any atom is 0.291 e. The first-order valence-electron chi connectivity index (χ1n) is 7.86. The fourth-order valence-electron chi connectivity index (χ4n) is 3.21. The van der Waals surface area contributed by atoms with E-state index in [2.05, 4.69) is 25.4 Å². The summed E-state index contributed by atoms with van der Waals surface area (Å²) in [7, 11) is 0. The fourth-order valence-corrected chi connectivity index (χ4v) is 3.21. The molecule has 3 aliphatic rings. The second-order valence-electron chi connectivity index (χ2n) is 6.27. The van der Waals surface area contributed by atoms with Gasteiger partial charge in [0.25, 0.3) is 5.91 Å². The van der Waals surface area contributed by atoms with E-state index in [4.69, 9.17) is 4.74 Å². The minimum Gasteiger partial charge on any atom is -0.373 e. The number of nitrogens with one attached hydrogen (secondary N) is 2. The van der Waals surface area contributed by atoms with Gasteiger partial charge in [-0.1, -0.05) is 0 Å². The van der Waals surface area contributed by atoms with Crippen LogP contribution in [0.4, 0.5) is 0 Å². The highest BCUT2D eigenvalue weighted by atomic mass is 16.5. The molecule has 0 bridgehead atoms. The number of carbonyl (C=O) groups is 1. The molecule has 4 rings (SSSR count). The van der Waals surface area contributed by atoms with Crippen LogP contribution in [0.15, 0.2) is 0 Å². The molecule has 1 aromatic heterocycles. The van der Waals surface area contributed by atoms with E-state index in [0.717, 1.165) is 38.4 Å². The molecule has 0 radical (unpaired) electrons. The lowest BCUT2D eigenvalue weighted by molar-refractivity contribution is -0.0462. The number of aromatic amines is 1. The zero-order valence-electron chi connectivity index (χ0n) is 12.0. The third-order valence-corrected chi connectivity index (χ3v) is 4.62. The van der Waals surface area contributed by atoms with Gasteiger partial charge < -0.3 is 10.1 Å². The number of nitrogens with zero attached hydrogens (tertiary/aromatic N) is 3. The van der Waals surface area contributed by atoms with Gasteiger partial charge in [-0.2, -0.15) is 0 Å². The van der Waals surface area contributed by atoms with Crippen molar-refractivity contribution >= 4 is 5.91 Å². The van der Waals surface area contributed by atoms with Gasteiger partial charge in [-0.25, -0.2) is 4.98 Å². The Kier molecular flexibility index (Phi) is 3.39. The van der Waals surface area contributed by atoms with E-state index in [-0.39, 0.29) is 17.8 Å². The number of hydrogen-bond donors (Lipinski definition) is 2. The molecule has 21 heavy (non-hydrogen) atoms. The van der Waals surface area contributed by atoms with E-state index < -0.39 is 0 Å². The van der Waals surface area contributed by atoms with Crippen LogP contribution in [-0.2, 0) is 4.74 Å². The van der Waals surface area contributed by atoms with Crippen LogP contribution in [0.2, 0.25) is 0 Å². The van der Waals surface area contributed by atoms with Gasteiger partial charge >= 0.3 is 0 Å². The lowest BCUT2D eigenvalue weighted by Crippen LogP contribution is -2.50. The summed E-state index contributed by atoms with van der Waals surface area (Å²) in [6, 6.07) is 0.589. The molecule has 3 fully saturated rings. The number of amides is 1. The molecule has 7 nitrogen and oxygen atoms in total. The molecule has 1 amide bonds. The molecule has 2 N–H and O–H groups in total. The van der Waals surface area contributed by atoms with Crippen molar-refractivity contribution in [3.8, 4) is 0 Å². The van der Waals surface area contributed by atoms with Crippen LogP contribution >= 0.6 is 0 Å². The van der Waals surface area contributed by atoms with Crippen LogP contribution in [-0.4, -0.2) is 64.4 Å². The largest absolute Gasteiger partial charge is 0.373 e. The molecule has 0 aromatic carbocycles. The van der Waals surface area contributed by atoms with Crippen molar-refractivity contribution in [2.75, 3.05) is 26.2 Å². The monoisotopic (exact) mass is 291 g/mol. The molecular weight excluding hydrogens is 270 g/mol. The predicted octanol–water partition coefficient (Wildman–Crippen LogP) is 0.275. The minimum absolute atomic E-state index is 0.0742. The van der Waals surface area contributed by atoms with Crippen LogP contribution in [0.25, 0.3) is 0 Å². The molecular formula is C14H21N5O2. The molecule has 1 saturated carbocycles. The minimum atomic E-state index is -0.217. The van der Waals surface area contributed by atoms with Crippen molar-refractivity contribution in [2.24, 2.45) is 0 Å². The molecule has 2 unspecified atom stereocenters. The second-order valence-corrected chi connectivity index (χ2v) is 6.27. The topological polar surface area (TPSA) is 83.1 Å². The predicted molar refractivity (Wildman–Crippen MR) is 75.0 cm³/mol. The summed E-state index contributed by atoms with van der Waals surface area (Å²) in [4.78, 5) is 18.8. The third-order valence-electron chi connectivity index (χ3n) is 4.62. The highest BCUT2D eigenvalue weighted by Gasteiger charge is 2.32. The normalized spacial score (nSPS) is 29.3. The van der Waals surface area contributed by atoms with Crippen LogP contribution in [0, 0.1) is 0 Å². The average molecular weight is 291 g/mol. The van der Waals surface area contributed by atoms with Gasteiger partial charge in [-0.05, 0) is 32.2 Å². The van der Waals surface area contributed by atoms with Gasteiger partial charge in [0.15, 0.2) is 0 Å². The van der Waals surface area contributed by atoms with Crippen molar-refractivity contribution in [1.29, 1.82) is 0 Å². The third kappa shape index (κ3) is 2.80. The van der Waals surface area contributed by atoms with Gasteiger partial charge in [-0.3, -0.25) is 14.8 Å². The van der Waals surface area contributed by atoms with E-state index in [1.54, 1.807) is 0 Å². The lowest BCUT2D eigenvalue weighted by atomic mass is 10.2. The number of ether oxygens (including phenoxy) is 1. The Hall–Kier alpha value is -1.47. The highest BCUT2D eigenvalue weighted by Crippen LogP contribution is 2.37. The van der Waals surface area contributed by atoms with Crippen molar-refractivity contribution in [1.82, 2.24) is 25.4 Å². The first-order valence-corrected chi connectivity index (χ1v) is 7.86. The summed E-state index contributed by atoms with van der Waals surface area (Å²) in [5.74, 6) is 1.35. The van der Waals surface area contributed by atoms with Gasteiger partial charge in [0.2, 0.25) is 5.82 Å². The highest BCUT2D eigenvalue weighted by molar-refractivity contribution is 5.90. The number of aromatic nitrogens is 3. The number of H-pyrrole nitrogens is 1. The Morgan fingerprint density at radius 3 is 3.19 bits per heavy atom. The lowest BCUT2D eigenvalue weighted by Gasteiger charge is -2.35. The van der Waals surface area contributed by atoms with Gasteiger partial charge in [-0.15, -0.1) is 5.10 Å². The summed E-state index contributed by atoms with van der Waals surface area (Å²) in [5.41, 5.74) is 0. The van der Waals surface area contributed by atoms with Crippen molar-refractivity contribution < 1.29 is 9.53 Å². The van der Waals surface area contributed by atoms with Crippen molar-refractivity contribution in [3.05, 3.63) is 11.6 Å². The van der Waals surface area contributed by atoms with E-state index in [1.165, 1.54) is 12.8 Å². The van der Waals surface area contributed by atoms with E-state index in [0.29, 0.717) is 18.5 Å². The fraction of sp³-hybridized carbons (Fsp3) is 0.786. The Morgan fingerprint density at radius 2 is 2.33 bits per heavy atom. The molecule has 1 aromatic rings. The number of hydrogen-bond acceptors (Lipinski definition) is 5. The first-order chi connectivity index (χ1) is 10.3. The molecule has 7 heteroatoms. The molecule has 1 aliphatic carbocycles. The number of carbonyl (C=O) groups excluding carboxylic acids is 1. The zero-order chi connectivity index (χ0) is 14.2. The summed E-state index contributed by atoms with van der Waals surface area (Å²) in [6.07, 6.45) is 4.85. The molecule has 2 saturated heterocycles. The van der Waals surface area contributed by atoms with Crippen molar-refractivity contribution in [2.45, 2.75) is 43.7 Å². The average Bonchev–Trinajstić information content (AvgIpc) is 3.05. The van der Waals surface area contributed by atoms with E-state index >= 15 is 0 Å². The molecule has 2 aliphatic heterocycles. The standard InChI is InChI=1S/C14H21N5O2/c20-14(13-16-12(17-18-13)9-3-4-9)15-6-11-7-19-5-1-2-10(19)8-21-11/h9-11H,1-8H2,(H,15,20)(H,16,17,18). The molecule has 3 heterocycles.